The molecule has 1 aromatic rings. The van der Waals surface area contributed by atoms with Crippen LogP contribution in [0.3, 0.4) is 0 Å². The van der Waals surface area contributed by atoms with Crippen molar-refractivity contribution in [3.8, 4) is 0 Å². The highest BCUT2D eigenvalue weighted by molar-refractivity contribution is 6.21. The molecule has 15 heavy (non-hydrogen) atoms. The van der Waals surface area contributed by atoms with Crippen molar-refractivity contribution in [3.05, 3.63) is 12.2 Å². The van der Waals surface area contributed by atoms with E-state index in [1.807, 2.05) is 4.68 Å². The normalized spacial score (nSPS) is 20.6. The van der Waals surface area contributed by atoms with Crippen molar-refractivity contribution in [2.24, 2.45) is 5.41 Å². The second kappa shape index (κ2) is 3.78. The number of rotatable bonds is 4. The van der Waals surface area contributed by atoms with Gasteiger partial charge in [-0.3, -0.25) is 0 Å². The first-order chi connectivity index (χ1) is 7.05. The summed E-state index contributed by atoms with van der Waals surface area (Å²) in [4.78, 5) is 4.34. The summed E-state index contributed by atoms with van der Waals surface area (Å²) >= 11 is 6.22. The fourth-order valence-corrected chi connectivity index (χ4v) is 2.32. The largest absolute Gasteiger partial charge is 0.248 e. The average Bonchev–Trinajstić information content (AvgIpc) is 2.77. The zero-order chi connectivity index (χ0) is 11.1. The van der Waals surface area contributed by atoms with E-state index in [1.54, 1.807) is 6.33 Å². The lowest BCUT2D eigenvalue weighted by Gasteiger charge is -2.18. The second-order valence-electron chi connectivity index (χ2n) is 4.87. The van der Waals surface area contributed by atoms with Crippen molar-refractivity contribution in [2.45, 2.75) is 51.5 Å². The van der Waals surface area contributed by atoms with Crippen molar-refractivity contribution < 1.29 is 0 Å². The van der Waals surface area contributed by atoms with Gasteiger partial charge in [-0.1, -0.05) is 0 Å². The van der Waals surface area contributed by atoms with Gasteiger partial charge in [0.2, 0.25) is 0 Å². The van der Waals surface area contributed by atoms with Gasteiger partial charge in [-0.15, -0.1) is 11.6 Å². The third-order valence-corrected chi connectivity index (χ3v) is 3.85. The lowest BCUT2D eigenvalue weighted by atomic mass is 9.98. The molecule has 0 saturated heterocycles. The van der Waals surface area contributed by atoms with E-state index in [0.29, 0.717) is 11.5 Å². The first-order valence-electron chi connectivity index (χ1n) is 5.57. The van der Waals surface area contributed by atoms with E-state index >= 15 is 0 Å². The van der Waals surface area contributed by atoms with E-state index in [9.17, 15) is 0 Å². The molecule has 1 saturated carbocycles. The quantitative estimate of drug-likeness (QED) is 0.741. The molecule has 0 radical (unpaired) electrons. The van der Waals surface area contributed by atoms with Gasteiger partial charge in [0, 0.05) is 17.8 Å². The van der Waals surface area contributed by atoms with Crippen LogP contribution >= 0.6 is 11.6 Å². The Hall–Kier alpha value is -0.570. The molecule has 0 spiro atoms. The minimum Gasteiger partial charge on any atom is -0.248 e. The van der Waals surface area contributed by atoms with Crippen LogP contribution in [0.25, 0.3) is 0 Å². The number of hydrogen-bond acceptors (Lipinski definition) is 2. The molecule has 1 fully saturated rings. The Balaban J connectivity index is 2.14. The molecule has 84 valence electrons. The summed E-state index contributed by atoms with van der Waals surface area (Å²) in [7, 11) is 0. The van der Waals surface area contributed by atoms with E-state index < -0.39 is 0 Å². The van der Waals surface area contributed by atoms with E-state index in [1.165, 1.54) is 12.8 Å². The molecule has 0 N–H and O–H groups in total. The smallest absolute Gasteiger partial charge is 0.138 e. The Morgan fingerprint density at radius 2 is 2.13 bits per heavy atom. The molecule has 1 atom stereocenters. The zero-order valence-electron chi connectivity index (χ0n) is 9.57. The molecule has 1 aliphatic carbocycles. The Morgan fingerprint density at radius 3 is 2.60 bits per heavy atom. The van der Waals surface area contributed by atoms with Crippen LogP contribution in [0.4, 0.5) is 0 Å². The fourth-order valence-electron chi connectivity index (χ4n) is 2.02. The molecule has 3 nitrogen and oxygen atoms in total. The molecule has 1 aromatic heterocycles. The molecule has 1 heterocycles. The SMILES string of the molecule is CC(C)n1ncnc1CC1(C(C)Cl)CC1. The summed E-state index contributed by atoms with van der Waals surface area (Å²) in [5.74, 6) is 1.08. The third kappa shape index (κ3) is 2.03. The zero-order valence-corrected chi connectivity index (χ0v) is 10.3. The molecular weight excluding hydrogens is 210 g/mol. The van der Waals surface area contributed by atoms with Gasteiger partial charge in [-0.25, -0.2) is 9.67 Å². The molecule has 0 aromatic carbocycles. The molecule has 1 aliphatic rings. The van der Waals surface area contributed by atoms with Gasteiger partial charge in [-0.2, -0.15) is 5.10 Å². The molecule has 4 heteroatoms. The van der Waals surface area contributed by atoms with Gasteiger partial charge in [-0.05, 0) is 39.0 Å². The number of nitrogens with zero attached hydrogens (tertiary/aromatic N) is 3. The Bertz CT molecular complexity index is 339. The number of alkyl halides is 1. The van der Waals surface area contributed by atoms with Crippen LogP contribution in [0, 0.1) is 5.41 Å². The summed E-state index contributed by atoms with van der Waals surface area (Å²) in [5.41, 5.74) is 0.293. The Kier molecular flexibility index (Phi) is 2.75. The fraction of sp³-hybridized carbons (Fsp3) is 0.818. The van der Waals surface area contributed by atoms with Crippen LogP contribution in [0.1, 0.15) is 45.5 Å². The van der Waals surface area contributed by atoms with E-state index in [4.69, 9.17) is 11.6 Å². The Labute approximate surface area is 95.8 Å². The van der Waals surface area contributed by atoms with Crippen LogP contribution in [0.15, 0.2) is 6.33 Å². The van der Waals surface area contributed by atoms with Gasteiger partial charge >= 0.3 is 0 Å². The summed E-state index contributed by atoms with van der Waals surface area (Å²) in [5, 5.41) is 4.48. The van der Waals surface area contributed by atoms with Crippen molar-refractivity contribution in [1.29, 1.82) is 0 Å². The minimum absolute atomic E-state index is 0.231. The van der Waals surface area contributed by atoms with Crippen LogP contribution in [0.5, 0.6) is 0 Å². The predicted octanol–water partition coefficient (Wildman–Crippen LogP) is 2.81. The predicted molar refractivity (Wildman–Crippen MR) is 61.1 cm³/mol. The van der Waals surface area contributed by atoms with E-state index in [0.717, 1.165) is 12.2 Å². The highest BCUT2D eigenvalue weighted by atomic mass is 35.5. The third-order valence-electron chi connectivity index (χ3n) is 3.38. The molecule has 0 bridgehead atoms. The molecule has 0 aliphatic heterocycles. The minimum atomic E-state index is 0.231. The molecular formula is C11H18ClN3. The molecule has 1 unspecified atom stereocenters. The molecule has 0 amide bonds. The van der Waals surface area contributed by atoms with Crippen molar-refractivity contribution in [2.75, 3.05) is 0 Å². The summed E-state index contributed by atoms with van der Waals surface area (Å²) in [6, 6.07) is 0.379. The monoisotopic (exact) mass is 227 g/mol. The maximum absolute atomic E-state index is 6.22. The van der Waals surface area contributed by atoms with Crippen LogP contribution in [-0.4, -0.2) is 20.1 Å². The standard InChI is InChI=1S/C11H18ClN3/c1-8(2)15-10(13-7-14-15)6-11(4-5-11)9(3)12/h7-9H,4-6H2,1-3H3. The number of hydrogen-bond donors (Lipinski definition) is 0. The van der Waals surface area contributed by atoms with Gasteiger partial charge < -0.3 is 0 Å². The average molecular weight is 228 g/mol. The topological polar surface area (TPSA) is 30.7 Å². The van der Waals surface area contributed by atoms with Crippen molar-refractivity contribution in [1.82, 2.24) is 14.8 Å². The van der Waals surface area contributed by atoms with Crippen LogP contribution in [0.2, 0.25) is 0 Å². The number of halogens is 1. The van der Waals surface area contributed by atoms with Gasteiger partial charge in [0.1, 0.15) is 12.2 Å². The van der Waals surface area contributed by atoms with Gasteiger partial charge in [0.25, 0.3) is 0 Å². The van der Waals surface area contributed by atoms with Crippen molar-refractivity contribution >= 4 is 11.6 Å². The Morgan fingerprint density at radius 1 is 1.47 bits per heavy atom. The first kappa shape index (κ1) is 10.9. The van der Waals surface area contributed by atoms with Crippen molar-refractivity contribution in [3.63, 3.8) is 0 Å². The molecule has 2 rings (SSSR count). The highest BCUT2D eigenvalue weighted by Gasteiger charge is 2.47. The lowest BCUT2D eigenvalue weighted by Crippen LogP contribution is -2.19. The summed E-state index contributed by atoms with van der Waals surface area (Å²) < 4.78 is 2.00. The second-order valence-corrected chi connectivity index (χ2v) is 5.52. The highest BCUT2D eigenvalue weighted by Crippen LogP contribution is 2.53. The van der Waals surface area contributed by atoms with Crippen LogP contribution < -0.4 is 0 Å². The first-order valence-corrected chi connectivity index (χ1v) is 6.01. The summed E-state index contributed by atoms with van der Waals surface area (Å²) in [6.07, 6.45) is 5.06. The van der Waals surface area contributed by atoms with Crippen LogP contribution in [-0.2, 0) is 6.42 Å². The lowest BCUT2D eigenvalue weighted by molar-refractivity contribution is 0.436. The van der Waals surface area contributed by atoms with Gasteiger partial charge in [0.05, 0.1) is 0 Å². The maximum Gasteiger partial charge on any atom is 0.138 e. The van der Waals surface area contributed by atoms with Gasteiger partial charge in [0.15, 0.2) is 0 Å². The van der Waals surface area contributed by atoms with E-state index in [2.05, 4.69) is 30.9 Å². The maximum atomic E-state index is 6.22. The summed E-state index contributed by atoms with van der Waals surface area (Å²) in [6.45, 7) is 6.34. The number of aromatic nitrogens is 3. The van der Waals surface area contributed by atoms with E-state index in [-0.39, 0.29) is 5.38 Å².